The number of hydrogen-bond acceptors (Lipinski definition) is 4. The van der Waals surface area contributed by atoms with E-state index in [-0.39, 0.29) is 35.3 Å². The molecule has 0 radical (unpaired) electrons. The van der Waals surface area contributed by atoms with Crippen LogP contribution in [0.1, 0.15) is 36.5 Å². The molecule has 4 nitrogen and oxygen atoms in total. The molecule has 1 amide bonds. The van der Waals surface area contributed by atoms with E-state index in [1.165, 1.54) is 0 Å². The summed E-state index contributed by atoms with van der Waals surface area (Å²) in [5.74, 6) is 0.249. The molecule has 0 aliphatic heterocycles. The summed E-state index contributed by atoms with van der Waals surface area (Å²) in [7, 11) is 0. The molecular weight excluding hydrogens is 284 g/mol. The summed E-state index contributed by atoms with van der Waals surface area (Å²) in [5.41, 5.74) is 1.01. The lowest BCUT2D eigenvalue weighted by Gasteiger charge is -2.34. The minimum atomic E-state index is -0.0941. The molecule has 21 heavy (non-hydrogen) atoms. The van der Waals surface area contributed by atoms with Gasteiger partial charge in [-0.2, -0.15) is 17.9 Å². The van der Waals surface area contributed by atoms with E-state index < -0.39 is 0 Å². The smallest absolute Gasteiger partial charge is 0.224 e. The number of hydrogen-bond donors (Lipinski definition) is 3. The van der Waals surface area contributed by atoms with Crippen LogP contribution in [-0.2, 0) is 4.79 Å². The molecule has 0 bridgehead atoms. The molecule has 1 fully saturated rings. The van der Waals surface area contributed by atoms with E-state index in [9.17, 15) is 9.90 Å². The fourth-order valence-corrected chi connectivity index (χ4v) is 3.57. The van der Waals surface area contributed by atoms with Gasteiger partial charge < -0.3 is 10.4 Å². The van der Waals surface area contributed by atoms with Gasteiger partial charge in [0.25, 0.3) is 0 Å². The summed E-state index contributed by atoms with van der Waals surface area (Å²) < 4.78 is 0. The summed E-state index contributed by atoms with van der Waals surface area (Å²) in [6.07, 6.45) is 3.94. The van der Waals surface area contributed by atoms with Gasteiger partial charge in [-0.25, -0.2) is 0 Å². The van der Waals surface area contributed by atoms with Gasteiger partial charge >= 0.3 is 0 Å². The number of aromatic hydroxyl groups is 1. The highest BCUT2D eigenvalue weighted by Gasteiger charge is 2.35. The molecule has 0 aromatic heterocycles. The predicted molar refractivity (Wildman–Crippen MR) is 83.9 cm³/mol. The Balaban J connectivity index is 2.12. The molecule has 1 aromatic carbocycles. The number of nitrogens with zero attached hydrogens (tertiary/aromatic N) is 1. The zero-order valence-corrected chi connectivity index (χ0v) is 12.7. The van der Waals surface area contributed by atoms with Crippen molar-refractivity contribution in [2.45, 2.75) is 30.9 Å². The second-order valence-electron chi connectivity index (χ2n) is 5.47. The van der Waals surface area contributed by atoms with Crippen LogP contribution < -0.4 is 5.32 Å². The number of nitrogens with one attached hydrogen (secondary N) is 1. The third-order valence-corrected chi connectivity index (χ3v) is 4.82. The van der Waals surface area contributed by atoms with Gasteiger partial charge in [-0.05, 0) is 36.5 Å². The summed E-state index contributed by atoms with van der Waals surface area (Å²) in [5, 5.41) is 20.6. The van der Waals surface area contributed by atoms with Gasteiger partial charge in [0, 0.05) is 11.2 Å². The summed E-state index contributed by atoms with van der Waals surface area (Å²) >= 11 is 4.72. The molecule has 2 rings (SSSR count). The monoisotopic (exact) mass is 304 g/mol. The van der Waals surface area contributed by atoms with Crippen LogP contribution in [-0.4, -0.2) is 17.6 Å². The van der Waals surface area contributed by atoms with E-state index in [1.54, 1.807) is 12.1 Å². The average molecular weight is 304 g/mol. The Bertz CT molecular complexity index is 524. The van der Waals surface area contributed by atoms with Crippen molar-refractivity contribution in [1.29, 1.82) is 5.26 Å². The lowest BCUT2D eigenvalue weighted by Crippen LogP contribution is -2.38. The first-order chi connectivity index (χ1) is 10.1. The fraction of sp³-hybridized carbons (Fsp3) is 0.500. The number of phenols is 1. The molecule has 1 aromatic rings. The molecule has 3 atom stereocenters. The van der Waals surface area contributed by atoms with E-state index >= 15 is 0 Å². The summed E-state index contributed by atoms with van der Waals surface area (Å²) in [4.78, 5) is 12.2. The van der Waals surface area contributed by atoms with E-state index in [1.807, 2.05) is 18.2 Å². The number of amides is 1. The maximum atomic E-state index is 12.2. The van der Waals surface area contributed by atoms with Crippen LogP contribution in [0.5, 0.6) is 5.75 Å². The zero-order valence-electron chi connectivity index (χ0n) is 11.8. The van der Waals surface area contributed by atoms with Gasteiger partial charge in [0.15, 0.2) is 0 Å². The van der Waals surface area contributed by atoms with Crippen LogP contribution in [0.3, 0.4) is 0 Å². The van der Waals surface area contributed by atoms with Crippen LogP contribution in [0.25, 0.3) is 0 Å². The molecule has 1 saturated carbocycles. The number of nitriles is 1. The third kappa shape index (κ3) is 3.92. The van der Waals surface area contributed by atoms with Crippen LogP contribution in [0.4, 0.5) is 0 Å². The Hall–Kier alpha value is -1.67. The number of benzene rings is 1. The molecule has 0 saturated heterocycles. The minimum absolute atomic E-state index is 0.0382. The van der Waals surface area contributed by atoms with Crippen molar-refractivity contribution in [1.82, 2.24) is 5.32 Å². The number of phenolic OH excluding ortho intramolecular Hbond substituents is 1. The number of rotatable bonds is 4. The normalized spacial score (nSPS) is 23.0. The first kappa shape index (κ1) is 15.7. The second-order valence-corrected chi connectivity index (χ2v) is 6.02. The molecule has 0 heterocycles. The quantitative estimate of drug-likeness (QED) is 0.591. The Kier molecular flexibility index (Phi) is 5.51. The Morgan fingerprint density at radius 1 is 1.38 bits per heavy atom. The lowest BCUT2D eigenvalue weighted by molar-refractivity contribution is -0.127. The highest BCUT2D eigenvalue weighted by molar-refractivity contribution is 7.80. The van der Waals surface area contributed by atoms with Gasteiger partial charge in [-0.1, -0.05) is 25.0 Å². The Labute approximate surface area is 130 Å². The Morgan fingerprint density at radius 3 is 2.71 bits per heavy atom. The van der Waals surface area contributed by atoms with Crippen molar-refractivity contribution in [2.24, 2.45) is 11.8 Å². The van der Waals surface area contributed by atoms with Crippen molar-refractivity contribution in [2.75, 3.05) is 6.54 Å². The Morgan fingerprint density at radius 2 is 2.05 bits per heavy atom. The topological polar surface area (TPSA) is 73.1 Å². The molecule has 1 aliphatic rings. The van der Waals surface area contributed by atoms with Crippen molar-refractivity contribution in [3.8, 4) is 11.8 Å². The average Bonchev–Trinajstić information content (AvgIpc) is 2.52. The van der Waals surface area contributed by atoms with Gasteiger partial charge in [0.2, 0.25) is 5.91 Å². The number of carbonyl (C=O) groups excluding carboxylic acids is 1. The zero-order chi connectivity index (χ0) is 15.2. The van der Waals surface area contributed by atoms with Crippen LogP contribution in [0.15, 0.2) is 24.3 Å². The van der Waals surface area contributed by atoms with Gasteiger partial charge in [-0.3, -0.25) is 4.79 Å². The SMILES string of the molecule is N#CCNC(=O)[C@H]1CCCC[C@@H]1C(S)c1ccc(O)cc1. The molecule has 1 aliphatic carbocycles. The van der Waals surface area contributed by atoms with Crippen LogP contribution >= 0.6 is 12.6 Å². The molecule has 2 N–H and O–H groups in total. The highest BCUT2D eigenvalue weighted by Crippen LogP contribution is 2.42. The van der Waals surface area contributed by atoms with E-state index in [0.29, 0.717) is 0 Å². The molecule has 0 spiro atoms. The summed E-state index contributed by atoms with van der Waals surface area (Å²) in [6.45, 7) is 0.0541. The highest BCUT2D eigenvalue weighted by atomic mass is 32.1. The fourth-order valence-electron chi connectivity index (χ4n) is 3.04. The molecule has 5 heteroatoms. The molecular formula is C16H20N2O2S. The van der Waals surface area contributed by atoms with Crippen molar-refractivity contribution >= 4 is 18.5 Å². The maximum absolute atomic E-state index is 12.2. The number of thiol groups is 1. The van der Waals surface area contributed by atoms with Crippen LogP contribution in [0.2, 0.25) is 0 Å². The molecule has 112 valence electrons. The van der Waals surface area contributed by atoms with E-state index in [0.717, 1.165) is 31.2 Å². The van der Waals surface area contributed by atoms with E-state index in [4.69, 9.17) is 17.9 Å². The number of carbonyl (C=O) groups is 1. The molecule has 1 unspecified atom stereocenters. The largest absolute Gasteiger partial charge is 0.508 e. The van der Waals surface area contributed by atoms with Gasteiger partial charge in [0.05, 0.1) is 6.07 Å². The second kappa shape index (κ2) is 7.37. The van der Waals surface area contributed by atoms with Gasteiger partial charge in [0.1, 0.15) is 12.3 Å². The standard InChI is InChI=1S/C16H20N2O2S/c17-9-10-18-16(20)14-4-2-1-3-13(14)15(21)11-5-7-12(19)8-6-11/h5-8,13-15,19,21H,1-4,10H2,(H,18,20)/t13-,14-,15?/m0/s1. The third-order valence-electron chi connectivity index (χ3n) is 4.14. The maximum Gasteiger partial charge on any atom is 0.224 e. The minimum Gasteiger partial charge on any atom is -0.508 e. The first-order valence-corrected chi connectivity index (χ1v) is 7.76. The summed E-state index contributed by atoms with van der Waals surface area (Å²) in [6, 6.07) is 8.94. The van der Waals surface area contributed by atoms with Gasteiger partial charge in [-0.15, -0.1) is 0 Å². The lowest BCUT2D eigenvalue weighted by atomic mass is 9.75. The first-order valence-electron chi connectivity index (χ1n) is 7.25. The predicted octanol–water partition coefficient (Wildman–Crippen LogP) is 2.81. The van der Waals surface area contributed by atoms with E-state index in [2.05, 4.69) is 5.32 Å². The van der Waals surface area contributed by atoms with Crippen molar-refractivity contribution in [3.05, 3.63) is 29.8 Å². The van der Waals surface area contributed by atoms with Crippen molar-refractivity contribution in [3.63, 3.8) is 0 Å². The van der Waals surface area contributed by atoms with Crippen LogP contribution in [0, 0.1) is 23.2 Å². The van der Waals surface area contributed by atoms with Crippen molar-refractivity contribution < 1.29 is 9.90 Å².